The van der Waals surface area contributed by atoms with Gasteiger partial charge in [0.1, 0.15) is 11.9 Å². The van der Waals surface area contributed by atoms with Gasteiger partial charge in [0.2, 0.25) is 5.91 Å². The van der Waals surface area contributed by atoms with Crippen LogP contribution < -0.4 is 11.1 Å². The standard InChI is InChI=1S/C15H14ClFN2O/c1-9-6-10(17)8-11(7-9)19-14(15(18)20)12-4-2-3-5-13(12)16/h2-8,14,19H,1H3,(H2,18,20). The molecular formula is C15H14ClFN2O. The minimum absolute atomic E-state index is 0.380. The average Bonchev–Trinajstić information content (AvgIpc) is 2.35. The van der Waals surface area contributed by atoms with Crippen LogP contribution >= 0.6 is 11.6 Å². The molecule has 0 spiro atoms. The summed E-state index contributed by atoms with van der Waals surface area (Å²) in [5.41, 5.74) is 7.19. The number of nitrogens with two attached hydrogens (primary N) is 1. The van der Waals surface area contributed by atoms with Gasteiger partial charge in [0, 0.05) is 16.3 Å². The van der Waals surface area contributed by atoms with Crippen molar-refractivity contribution in [2.24, 2.45) is 5.73 Å². The van der Waals surface area contributed by atoms with Crippen molar-refractivity contribution >= 4 is 23.2 Å². The first kappa shape index (κ1) is 14.3. The van der Waals surface area contributed by atoms with Crippen molar-refractivity contribution in [1.29, 1.82) is 0 Å². The van der Waals surface area contributed by atoms with E-state index in [0.29, 0.717) is 16.3 Å². The zero-order valence-corrected chi connectivity index (χ0v) is 11.6. The van der Waals surface area contributed by atoms with Gasteiger partial charge in [0.25, 0.3) is 0 Å². The number of hydrogen-bond donors (Lipinski definition) is 2. The van der Waals surface area contributed by atoms with Crippen LogP contribution in [0.1, 0.15) is 17.2 Å². The molecule has 1 amide bonds. The molecule has 0 aliphatic rings. The van der Waals surface area contributed by atoms with E-state index in [-0.39, 0.29) is 5.82 Å². The maximum Gasteiger partial charge on any atom is 0.244 e. The first-order valence-electron chi connectivity index (χ1n) is 6.05. The Hall–Kier alpha value is -2.07. The van der Waals surface area contributed by atoms with Crippen LogP contribution in [0, 0.1) is 12.7 Å². The molecule has 3 nitrogen and oxygen atoms in total. The summed E-state index contributed by atoms with van der Waals surface area (Å²) in [6.07, 6.45) is 0. The molecule has 1 unspecified atom stereocenters. The Kier molecular flexibility index (Phi) is 4.25. The number of halogens is 2. The summed E-state index contributed by atoms with van der Waals surface area (Å²) in [7, 11) is 0. The number of carbonyl (C=O) groups is 1. The minimum atomic E-state index is -0.815. The Bertz CT molecular complexity index is 625. The Morgan fingerprint density at radius 1 is 1.30 bits per heavy atom. The van der Waals surface area contributed by atoms with Gasteiger partial charge in [-0.2, -0.15) is 0 Å². The number of hydrogen-bond acceptors (Lipinski definition) is 2. The van der Waals surface area contributed by atoms with Gasteiger partial charge in [-0.1, -0.05) is 29.8 Å². The monoisotopic (exact) mass is 292 g/mol. The number of aryl methyl sites for hydroxylation is 1. The Morgan fingerprint density at radius 2 is 2.00 bits per heavy atom. The molecule has 2 aromatic carbocycles. The van der Waals surface area contributed by atoms with E-state index in [2.05, 4.69) is 5.32 Å². The summed E-state index contributed by atoms with van der Waals surface area (Å²) < 4.78 is 13.4. The van der Waals surface area contributed by atoms with Gasteiger partial charge in [-0.15, -0.1) is 0 Å². The second-order valence-electron chi connectivity index (χ2n) is 4.52. The smallest absolute Gasteiger partial charge is 0.244 e. The third-order valence-electron chi connectivity index (χ3n) is 2.85. The molecule has 0 bridgehead atoms. The lowest BCUT2D eigenvalue weighted by Crippen LogP contribution is -2.28. The minimum Gasteiger partial charge on any atom is -0.370 e. The van der Waals surface area contributed by atoms with Gasteiger partial charge in [0.05, 0.1) is 0 Å². The molecule has 0 aromatic heterocycles. The summed E-state index contributed by atoms with van der Waals surface area (Å²) in [5.74, 6) is -0.963. The summed E-state index contributed by atoms with van der Waals surface area (Å²) >= 11 is 6.07. The van der Waals surface area contributed by atoms with Crippen molar-refractivity contribution in [2.45, 2.75) is 13.0 Å². The Balaban J connectivity index is 2.36. The summed E-state index contributed by atoms with van der Waals surface area (Å²) in [4.78, 5) is 11.6. The maximum absolute atomic E-state index is 13.4. The SMILES string of the molecule is Cc1cc(F)cc(NC(C(N)=O)c2ccccc2Cl)c1. The maximum atomic E-state index is 13.4. The van der Waals surface area contributed by atoms with E-state index in [1.165, 1.54) is 12.1 Å². The Labute approximate surface area is 121 Å². The van der Waals surface area contributed by atoms with Crippen LogP contribution in [-0.2, 0) is 4.79 Å². The van der Waals surface area contributed by atoms with Crippen molar-refractivity contribution < 1.29 is 9.18 Å². The van der Waals surface area contributed by atoms with Gasteiger partial charge in [-0.05, 0) is 36.8 Å². The molecule has 104 valence electrons. The lowest BCUT2D eigenvalue weighted by Gasteiger charge is -2.18. The van der Waals surface area contributed by atoms with Gasteiger partial charge >= 0.3 is 0 Å². The lowest BCUT2D eigenvalue weighted by molar-refractivity contribution is -0.118. The second kappa shape index (κ2) is 5.92. The van der Waals surface area contributed by atoms with E-state index in [4.69, 9.17) is 17.3 Å². The molecule has 20 heavy (non-hydrogen) atoms. The van der Waals surface area contributed by atoms with Crippen molar-refractivity contribution in [3.05, 3.63) is 64.4 Å². The quantitative estimate of drug-likeness (QED) is 0.907. The number of primary amides is 1. The van der Waals surface area contributed by atoms with Crippen molar-refractivity contribution in [1.82, 2.24) is 0 Å². The molecule has 0 aliphatic heterocycles. The number of benzene rings is 2. The predicted octanol–water partition coefficient (Wildman–Crippen LogP) is 3.43. The highest BCUT2D eigenvalue weighted by Gasteiger charge is 2.20. The number of carbonyl (C=O) groups excluding carboxylic acids is 1. The fourth-order valence-electron chi connectivity index (χ4n) is 2.00. The summed E-state index contributed by atoms with van der Waals surface area (Å²) in [5, 5.41) is 3.35. The van der Waals surface area contributed by atoms with Crippen molar-refractivity contribution in [3.8, 4) is 0 Å². The third-order valence-corrected chi connectivity index (χ3v) is 3.20. The number of anilines is 1. The predicted molar refractivity (Wildman–Crippen MR) is 78.1 cm³/mol. The van der Waals surface area contributed by atoms with Crippen LogP contribution in [0.4, 0.5) is 10.1 Å². The van der Waals surface area contributed by atoms with Crippen LogP contribution in [0.25, 0.3) is 0 Å². The molecule has 1 atom stereocenters. The van der Waals surface area contributed by atoms with Crippen LogP contribution in [0.5, 0.6) is 0 Å². The second-order valence-corrected chi connectivity index (χ2v) is 4.93. The molecule has 3 N–H and O–H groups in total. The molecule has 2 rings (SSSR count). The molecule has 5 heteroatoms. The third kappa shape index (κ3) is 3.27. The summed E-state index contributed by atoms with van der Waals surface area (Å²) in [6.45, 7) is 1.77. The number of amides is 1. The van der Waals surface area contributed by atoms with Gasteiger partial charge in [0.15, 0.2) is 0 Å². The average molecular weight is 293 g/mol. The Morgan fingerprint density at radius 3 is 2.60 bits per heavy atom. The molecule has 0 saturated carbocycles. The van der Waals surface area contributed by atoms with E-state index < -0.39 is 11.9 Å². The van der Waals surface area contributed by atoms with Gasteiger partial charge in [-0.25, -0.2) is 4.39 Å². The molecule has 0 radical (unpaired) electrons. The highest BCUT2D eigenvalue weighted by atomic mass is 35.5. The normalized spacial score (nSPS) is 11.9. The largest absolute Gasteiger partial charge is 0.370 e. The lowest BCUT2D eigenvalue weighted by atomic mass is 10.1. The van der Waals surface area contributed by atoms with E-state index >= 15 is 0 Å². The zero-order chi connectivity index (χ0) is 14.7. The van der Waals surface area contributed by atoms with Crippen molar-refractivity contribution in [3.63, 3.8) is 0 Å². The van der Waals surface area contributed by atoms with Gasteiger partial charge in [-0.3, -0.25) is 4.79 Å². The highest BCUT2D eigenvalue weighted by Crippen LogP contribution is 2.26. The van der Waals surface area contributed by atoms with E-state index in [1.54, 1.807) is 37.3 Å². The van der Waals surface area contributed by atoms with Crippen LogP contribution in [0.3, 0.4) is 0 Å². The first-order valence-corrected chi connectivity index (χ1v) is 6.42. The van der Waals surface area contributed by atoms with E-state index in [0.717, 1.165) is 5.56 Å². The first-order chi connectivity index (χ1) is 9.47. The molecule has 0 aliphatic carbocycles. The fourth-order valence-corrected chi connectivity index (χ4v) is 2.24. The van der Waals surface area contributed by atoms with Crippen LogP contribution in [0.2, 0.25) is 5.02 Å². The van der Waals surface area contributed by atoms with Crippen molar-refractivity contribution in [2.75, 3.05) is 5.32 Å². The number of rotatable bonds is 4. The van der Waals surface area contributed by atoms with Crippen LogP contribution in [-0.4, -0.2) is 5.91 Å². The highest BCUT2D eigenvalue weighted by molar-refractivity contribution is 6.31. The zero-order valence-electron chi connectivity index (χ0n) is 10.9. The van der Waals surface area contributed by atoms with Gasteiger partial charge < -0.3 is 11.1 Å². The van der Waals surface area contributed by atoms with E-state index in [9.17, 15) is 9.18 Å². The molecule has 2 aromatic rings. The molecular weight excluding hydrogens is 279 g/mol. The van der Waals surface area contributed by atoms with Crippen LogP contribution in [0.15, 0.2) is 42.5 Å². The molecule has 0 heterocycles. The number of nitrogens with one attached hydrogen (secondary N) is 1. The molecule has 0 fully saturated rings. The fraction of sp³-hybridized carbons (Fsp3) is 0.133. The summed E-state index contributed by atoms with van der Waals surface area (Å²) in [6, 6.07) is 10.5. The topological polar surface area (TPSA) is 55.1 Å². The molecule has 0 saturated heterocycles. The van der Waals surface area contributed by atoms with E-state index in [1.807, 2.05) is 0 Å².